The van der Waals surface area contributed by atoms with Gasteiger partial charge in [-0.3, -0.25) is 14.4 Å². The average molecular weight is 313 g/mol. The lowest BCUT2D eigenvalue weighted by atomic mass is 10.1. The first-order valence-corrected chi connectivity index (χ1v) is 6.63. The second kappa shape index (κ2) is 8.26. The molecule has 0 aliphatic heterocycles. The standard InChI is InChI=1S/C14H17ClN2O4/c1-17(2)13(19)8-16-12(18)9-21-14(20)7-10-3-5-11(15)6-4-10/h3-6H,7-9H2,1-2H3,(H,16,18). The Kier molecular flexibility index (Phi) is 6.68. The van der Waals surface area contributed by atoms with Crippen molar-refractivity contribution in [1.82, 2.24) is 10.2 Å². The molecule has 1 aromatic rings. The molecule has 0 aliphatic carbocycles. The van der Waals surface area contributed by atoms with Crippen molar-refractivity contribution in [2.75, 3.05) is 27.2 Å². The summed E-state index contributed by atoms with van der Waals surface area (Å²) in [6.45, 7) is -0.534. The third-order valence-electron chi connectivity index (χ3n) is 2.56. The van der Waals surface area contributed by atoms with Crippen molar-refractivity contribution in [1.29, 1.82) is 0 Å². The van der Waals surface area contributed by atoms with Crippen molar-refractivity contribution < 1.29 is 19.1 Å². The minimum atomic E-state index is -0.522. The molecule has 6 nitrogen and oxygen atoms in total. The molecule has 0 unspecified atom stereocenters. The van der Waals surface area contributed by atoms with E-state index in [4.69, 9.17) is 16.3 Å². The van der Waals surface area contributed by atoms with Gasteiger partial charge in [0.15, 0.2) is 6.61 Å². The molecule has 0 saturated heterocycles. The van der Waals surface area contributed by atoms with E-state index < -0.39 is 18.5 Å². The zero-order valence-electron chi connectivity index (χ0n) is 11.9. The van der Waals surface area contributed by atoms with E-state index in [1.54, 1.807) is 38.4 Å². The van der Waals surface area contributed by atoms with Gasteiger partial charge >= 0.3 is 5.97 Å². The maximum absolute atomic E-state index is 11.5. The SMILES string of the molecule is CN(C)C(=O)CNC(=O)COC(=O)Cc1ccc(Cl)cc1. The summed E-state index contributed by atoms with van der Waals surface area (Å²) in [4.78, 5) is 35.5. The zero-order valence-corrected chi connectivity index (χ0v) is 12.6. The summed E-state index contributed by atoms with van der Waals surface area (Å²) in [6.07, 6.45) is 0.0566. The second-order valence-electron chi connectivity index (χ2n) is 4.53. The van der Waals surface area contributed by atoms with E-state index >= 15 is 0 Å². The summed E-state index contributed by atoms with van der Waals surface area (Å²) < 4.78 is 4.82. The van der Waals surface area contributed by atoms with Gasteiger partial charge in [0.2, 0.25) is 5.91 Å². The molecule has 0 aliphatic rings. The van der Waals surface area contributed by atoms with Gasteiger partial charge in [-0.2, -0.15) is 0 Å². The van der Waals surface area contributed by atoms with Crippen LogP contribution in [0.15, 0.2) is 24.3 Å². The number of ether oxygens (including phenoxy) is 1. The fourth-order valence-electron chi connectivity index (χ4n) is 1.35. The predicted octanol–water partition coefficient (Wildman–Crippen LogP) is 0.630. The van der Waals surface area contributed by atoms with Crippen LogP contribution in [0.3, 0.4) is 0 Å². The first-order chi connectivity index (χ1) is 9.88. The van der Waals surface area contributed by atoms with Gasteiger partial charge in [0.1, 0.15) is 0 Å². The summed E-state index contributed by atoms with van der Waals surface area (Å²) in [5, 5.41) is 2.95. The van der Waals surface area contributed by atoms with Crippen LogP contribution in [0.1, 0.15) is 5.56 Å². The Morgan fingerprint density at radius 2 is 1.81 bits per heavy atom. The molecule has 21 heavy (non-hydrogen) atoms. The first-order valence-electron chi connectivity index (χ1n) is 6.25. The van der Waals surface area contributed by atoms with Crippen molar-refractivity contribution in [3.63, 3.8) is 0 Å². The Hall–Kier alpha value is -2.08. The molecule has 0 heterocycles. The molecule has 0 aromatic heterocycles. The number of nitrogens with one attached hydrogen (secondary N) is 1. The maximum Gasteiger partial charge on any atom is 0.310 e. The normalized spacial score (nSPS) is 9.86. The number of rotatable bonds is 6. The van der Waals surface area contributed by atoms with Gasteiger partial charge in [0.25, 0.3) is 5.91 Å². The zero-order chi connectivity index (χ0) is 15.8. The van der Waals surface area contributed by atoms with Crippen LogP contribution >= 0.6 is 11.6 Å². The maximum atomic E-state index is 11.5. The highest BCUT2D eigenvalue weighted by Crippen LogP contribution is 2.10. The van der Waals surface area contributed by atoms with Gasteiger partial charge in [0.05, 0.1) is 13.0 Å². The number of nitrogens with zero attached hydrogens (tertiary/aromatic N) is 1. The summed E-state index contributed by atoms with van der Waals surface area (Å²) in [5.74, 6) is -1.28. The number of halogens is 1. The average Bonchev–Trinajstić information content (AvgIpc) is 2.44. The van der Waals surface area contributed by atoms with E-state index in [-0.39, 0.29) is 18.9 Å². The molecule has 0 saturated carbocycles. The summed E-state index contributed by atoms with van der Waals surface area (Å²) in [7, 11) is 3.17. The number of benzene rings is 1. The highest BCUT2D eigenvalue weighted by atomic mass is 35.5. The fraction of sp³-hybridized carbons (Fsp3) is 0.357. The van der Waals surface area contributed by atoms with Gasteiger partial charge in [-0.1, -0.05) is 23.7 Å². The number of hydrogen-bond donors (Lipinski definition) is 1. The van der Waals surface area contributed by atoms with Crippen molar-refractivity contribution in [2.45, 2.75) is 6.42 Å². The number of likely N-dealkylation sites (N-methyl/N-ethyl adjacent to an activating group) is 1. The van der Waals surface area contributed by atoms with E-state index in [9.17, 15) is 14.4 Å². The summed E-state index contributed by atoms with van der Waals surface area (Å²) in [5.41, 5.74) is 0.743. The minimum absolute atomic E-state index is 0.0566. The van der Waals surface area contributed by atoms with Crippen LogP contribution in [0, 0.1) is 0 Å². The molecule has 114 valence electrons. The van der Waals surface area contributed by atoms with Gasteiger partial charge in [0, 0.05) is 19.1 Å². The Morgan fingerprint density at radius 3 is 2.38 bits per heavy atom. The van der Waals surface area contributed by atoms with Gasteiger partial charge in [-0.15, -0.1) is 0 Å². The molecule has 1 N–H and O–H groups in total. The molecule has 1 aromatic carbocycles. The quantitative estimate of drug-likeness (QED) is 0.782. The van der Waals surface area contributed by atoms with Crippen molar-refractivity contribution in [3.8, 4) is 0 Å². The monoisotopic (exact) mass is 312 g/mol. The molecule has 1 rings (SSSR count). The molecule has 0 bridgehead atoms. The molecule has 2 amide bonds. The van der Waals surface area contributed by atoms with E-state index in [2.05, 4.69) is 5.32 Å². The highest BCUT2D eigenvalue weighted by molar-refractivity contribution is 6.30. The Morgan fingerprint density at radius 1 is 1.19 bits per heavy atom. The smallest absolute Gasteiger partial charge is 0.310 e. The molecule has 0 spiro atoms. The molecule has 7 heteroatoms. The van der Waals surface area contributed by atoms with Crippen LogP contribution in [-0.4, -0.2) is 49.9 Å². The Bertz CT molecular complexity index is 514. The lowest BCUT2D eigenvalue weighted by Crippen LogP contribution is -2.38. The van der Waals surface area contributed by atoms with Crippen LogP contribution in [-0.2, 0) is 25.5 Å². The fourth-order valence-corrected chi connectivity index (χ4v) is 1.48. The topological polar surface area (TPSA) is 75.7 Å². The lowest BCUT2D eigenvalue weighted by Gasteiger charge is -2.11. The highest BCUT2D eigenvalue weighted by Gasteiger charge is 2.10. The van der Waals surface area contributed by atoms with Gasteiger partial charge < -0.3 is 15.0 Å². The molecular weight excluding hydrogens is 296 g/mol. The van der Waals surface area contributed by atoms with E-state index in [1.807, 2.05) is 0 Å². The molecular formula is C14H17ClN2O4. The summed E-state index contributed by atoms with van der Waals surface area (Å²) in [6, 6.07) is 6.76. The lowest BCUT2D eigenvalue weighted by molar-refractivity contribution is -0.148. The van der Waals surface area contributed by atoms with Gasteiger partial charge in [-0.05, 0) is 17.7 Å². The number of amides is 2. The van der Waals surface area contributed by atoms with Crippen molar-refractivity contribution >= 4 is 29.4 Å². The Balaban J connectivity index is 2.28. The third-order valence-corrected chi connectivity index (χ3v) is 2.81. The number of esters is 1. The second-order valence-corrected chi connectivity index (χ2v) is 4.97. The van der Waals surface area contributed by atoms with E-state index in [0.29, 0.717) is 5.02 Å². The van der Waals surface area contributed by atoms with Gasteiger partial charge in [-0.25, -0.2) is 0 Å². The van der Waals surface area contributed by atoms with E-state index in [1.165, 1.54) is 4.90 Å². The largest absolute Gasteiger partial charge is 0.455 e. The van der Waals surface area contributed by atoms with Crippen LogP contribution < -0.4 is 5.32 Å². The molecule has 0 fully saturated rings. The van der Waals surface area contributed by atoms with Crippen LogP contribution in [0.25, 0.3) is 0 Å². The molecule has 0 atom stereocenters. The molecule has 0 radical (unpaired) electrons. The predicted molar refractivity (Wildman–Crippen MR) is 77.8 cm³/mol. The third kappa shape index (κ3) is 6.76. The van der Waals surface area contributed by atoms with Crippen LogP contribution in [0.4, 0.5) is 0 Å². The number of carbonyl (C=O) groups excluding carboxylic acids is 3. The number of hydrogen-bond acceptors (Lipinski definition) is 4. The number of carbonyl (C=O) groups is 3. The van der Waals surface area contributed by atoms with Crippen LogP contribution in [0.5, 0.6) is 0 Å². The summed E-state index contributed by atoms with van der Waals surface area (Å²) >= 11 is 5.73. The first kappa shape index (κ1) is 17.0. The van der Waals surface area contributed by atoms with Crippen molar-refractivity contribution in [3.05, 3.63) is 34.9 Å². The van der Waals surface area contributed by atoms with E-state index in [0.717, 1.165) is 5.56 Å². The minimum Gasteiger partial charge on any atom is -0.455 e. The van der Waals surface area contributed by atoms with Crippen molar-refractivity contribution in [2.24, 2.45) is 0 Å². The van der Waals surface area contributed by atoms with Crippen LogP contribution in [0.2, 0.25) is 5.02 Å². The Labute approximate surface area is 128 Å².